The summed E-state index contributed by atoms with van der Waals surface area (Å²) in [6.45, 7) is 1.86. The van der Waals surface area contributed by atoms with Gasteiger partial charge >= 0.3 is 0 Å². The molecular formula is C15H20N2O. The molecule has 1 aliphatic rings. The van der Waals surface area contributed by atoms with Gasteiger partial charge in [0.1, 0.15) is 0 Å². The second-order valence-corrected chi connectivity index (χ2v) is 4.62. The third-order valence-electron chi connectivity index (χ3n) is 3.18. The Balaban J connectivity index is 1.67. The number of rotatable bonds is 5. The number of carbonyl (C=O) groups excluding carboxylic acids is 1. The zero-order valence-corrected chi connectivity index (χ0v) is 10.6. The maximum atomic E-state index is 11.6. The predicted molar refractivity (Wildman–Crippen MR) is 74.1 cm³/mol. The molecule has 3 nitrogen and oxygen atoms in total. The Morgan fingerprint density at radius 2 is 2.22 bits per heavy atom. The summed E-state index contributed by atoms with van der Waals surface area (Å²) in [7, 11) is 0. The molecule has 1 aromatic rings. The molecule has 1 saturated heterocycles. The zero-order chi connectivity index (χ0) is 12.6. The molecule has 1 aromatic carbocycles. The van der Waals surface area contributed by atoms with Gasteiger partial charge < -0.3 is 10.6 Å². The van der Waals surface area contributed by atoms with Crippen LogP contribution in [0.25, 0.3) is 6.08 Å². The van der Waals surface area contributed by atoms with Crippen molar-refractivity contribution in [3.63, 3.8) is 0 Å². The second-order valence-electron chi connectivity index (χ2n) is 4.62. The van der Waals surface area contributed by atoms with Gasteiger partial charge in [-0.15, -0.1) is 0 Å². The van der Waals surface area contributed by atoms with E-state index in [0.29, 0.717) is 6.04 Å². The van der Waals surface area contributed by atoms with Crippen LogP contribution in [0.2, 0.25) is 0 Å². The van der Waals surface area contributed by atoms with Gasteiger partial charge in [0, 0.05) is 18.7 Å². The van der Waals surface area contributed by atoms with E-state index in [1.807, 2.05) is 36.4 Å². The molecule has 0 bridgehead atoms. The molecule has 96 valence electrons. The summed E-state index contributed by atoms with van der Waals surface area (Å²) in [6.07, 6.45) is 6.94. The highest BCUT2D eigenvalue weighted by Gasteiger charge is 2.12. The van der Waals surface area contributed by atoms with Crippen molar-refractivity contribution < 1.29 is 4.79 Å². The molecule has 1 amide bonds. The molecule has 1 aliphatic heterocycles. The van der Waals surface area contributed by atoms with E-state index in [1.165, 1.54) is 12.8 Å². The molecule has 0 aromatic heterocycles. The molecule has 3 heteroatoms. The predicted octanol–water partition coefficient (Wildman–Crippen LogP) is 1.96. The fourth-order valence-electron chi connectivity index (χ4n) is 2.17. The lowest BCUT2D eigenvalue weighted by Gasteiger charge is -2.09. The van der Waals surface area contributed by atoms with Gasteiger partial charge in [0.05, 0.1) is 0 Å². The SMILES string of the molecule is O=C(/C=C/c1ccccc1)NCCC1CCCN1. The largest absolute Gasteiger partial charge is 0.352 e. The number of benzene rings is 1. The van der Waals surface area contributed by atoms with E-state index < -0.39 is 0 Å². The highest BCUT2D eigenvalue weighted by atomic mass is 16.1. The molecular weight excluding hydrogens is 224 g/mol. The van der Waals surface area contributed by atoms with Crippen LogP contribution in [-0.2, 0) is 4.79 Å². The Kier molecular flexibility index (Phi) is 4.97. The van der Waals surface area contributed by atoms with Crippen LogP contribution in [0.5, 0.6) is 0 Å². The molecule has 1 fully saturated rings. The molecule has 0 saturated carbocycles. The highest BCUT2D eigenvalue weighted by Crippen LogP contribution is 2.07. The Labute approximate surface area is 108 Å². The molecule has 1 atom stereocenters. The van der Waals surface area contributed by atoms with Crippen molar-refractivity contribution in [1.82, 2.24) is 10.6 Å². The van der Waals surface area contributed by atoms with E-state index in [4.69, 9.17) is 0 Å². The molecule has 0 aliphatic carbocycles. The van der Waals surface area contributed by atoms with Crippen molar-refractivity contribution in [1.29, 1.82) is 0 Å². The van der Waals surface area contributed by atoms with Gasteiger partial charge in [-0.05, 0) is 37.4 Å². The number of nitrogens with one attached hydrogen (secondary N) is 2. The quantitative estimate of drug-likeness (QED) is 0.777. The van der Waals surface area contributed by atoms with Gasteiger partial charge in [-0.2, -0.15) is 0 Å². The first-order valence-electron chi connectivity index (χ1n) is 6.59. The third kappa shape index (κ3) is 4.34. The Bertz CT molecular complexity index is 394. The average molecular weight is 244 g/mol. The number of hydrogen-bond acceptors (Lipinski definition) is 2. The minimum absolute atomic E-state index is 0.0168. The average Bonchev–Trinajstić information content (AvgIpc) is 2.91. The zero-order valence-electron chi connectivity index (χ0n) is 10.6. The maximum absolute atomic E-state index is 11.6. The second kappa shape index (κ2) is 6.97. The Hall–Kier alpha value is -1.61. The van der Waals surface area contributed by atoms with Gasteiger partial charge in [-0.3, -0.25) is 4.79 Å². The van der Waals surface area contributed by atoms with E-state index in [0.717, 1.165) is 25.1 Å². The van der Waals surface area contributed by atoms with Gasteiger partial charge in [0.2, 0.25) is 5.91 Å². The Morgan fingerprint density at radius 3 is 2.94 bits per heavy atom. The Morgan fingerprint density at radius 1 is 1.39 bits per heavy atom. The van der Waals surface area contributed by atoms with E-state index in [9.17, 15) is 4.79 Å². The molecule has 2 rings (SSSR count). The van der Waals surface area contributed by atoms with Crippen molar-refractivity contribution in [3.05, 3.63) is 42.0 Å². The topological polar surface area (TPSA) is 41.1 Å². The van der Waals surface area contributed by atoms with Crippen LogP contribution in [0.3, 0.4) is 0 Å². The van der Waals surface area contributed by atoms with Crippen molar-refractivity contribution in [2.75, 3.05) is 13.1 Å². The molecule has 0 radical (unpaired) electrons. The summed E-state index contributed by atoms with van der Waals surface area (Å²) in [5.41, 5.74) is 1.05. The van der Waals surface area contributed by atoms with Crippen LogP contribution in [-0.4, -0.2) is 25.0 Å². The fraction of sp³-hybridized carbons (Fsp3) is 0.400. The lowest BCUT2D eigenvalue weighted by Crippen LogP contribution is -2.29. The molecule has 18 heavy (non-hydrogen) atoms. The normalized spacial score (nSPS) is 19.2. The number of amides is 1. The van der Waals surface area contributed by atoms with Gasteiger partial charge in [-0.25, -0.2) is 0 Å². The monoisotopic (exact) mass is 244 g/mol. The highest BCUT2D eigenvalue weighted by molar-refractivity contribution is 5.91. The summed E-state index contributed by atoms with van der Waals surface area (Å²) in [5.74, 6) is -0.0168. The molecule has 0 spiro atoms. The lowest BCUT2D eigenvalue weighted by atomic mass is 10.1. The minimum atomic E-state index is -0.0168. The fourth-order valence-corrected chi connectivity index (χ4v) is 2.17. The maximum Gasteiger partial charge on any atom is 0.243 e. The lowest BCUT2D eigenvalue weighted by molar-refractivity contribution is -0.116. The van der Waals surface area contributed by atoms with Crippen LogP contribution in [0.4, 0.5) is 0 Å². The first-order valence-corrected chi connectivity index (χ1v) is 6.59. The summed E-state index contributed by atoms with van der Waals surface area (Å²) in [6, 6.07) is 10.4. The third-order valence-corrected chi connectivity index (χ3v) is 3.18. The smallest absolute Gasteiger partial charge is 0.243 e. The van der Waals surface area contributed by atoms with Crippen molar-refractivity contribution in [3.8, 4) is 0 Å². The van der Waals surface area contributed by atoms with Crippen LogP contribution in [0.15, 0.2) is 36.4 Å². The van der Waals surface area contributed by atoms with E-state index in [1.54, 1.807) is 6.08 Å². The van der Waals surface area contributed by atoms with Crippen LogP contribution >= 0.6 is 0 Å². The van der Waals surface area contributed by atoms with E-state index in [2.05, 4.69) is 10.6 Å². The van der Waals surface area contributed by atoms with Gasteiger partial charge in [0.25, 0.3) is 0 Å². The molecule has 2 N–H and O–H groups in total. The van der Waals surface area contributed by atoms with Crippen LogP contribution in [0, 0.1) is 0 Å². The number of hydrogen-bond donors (Lipinski definition) is 2. The van der Waals surface area contributed by atoms with Gasteiger partial charge in [0.15, 0.2) is 0 Å². The molecule has 1 unspecified atom stereocenters. The number of carbonyl (C=O) groups is 1. The van der Waals surface area contributed by atoms with Crippen LogP contribution < -0.4 is 10.6 Å². The van der Waals surface area contributed by atoms with Gasteiger partial charge in [-0.1, -0.05) is 30.3 Å². The van der Waals surface area contributed by atoms with Crippen LogP contribution in [0.1, 0.15) is 24.8 Å². The summed E-state index contributed by atoms with van der Waals surface area (Å²) in [5, 5.41) is 6.33. The van der Waals surface area contributed by atoms with Crippen molar-refractivity contribution in [2.24, 2.45) is 0 Å². The summed E-state index contributed by atoms with van der Waals surface area (Å²) < 4.78 is 0. The van der Waals surface area contributed by atoms with Crippen molar-refractivity contribution >= 4 is 12.0 Å². The summed E-state index contributed by atoms with van der Waals surface area (Å²) in [4.78, 5) is 11.6. The van der Waals surface area contributed by atoms with E-state index in [-0.39, 0.29) is 5.91 Å². The first-order chi connectivity index (χ1) is 8.84. The minimum Gasteiger partial charge on any atom is -0.352 e. The van der Waals surface area contributed by atoms with E-state index >= 15 is 0 Å². The summed E-state index contributed by atoms with van der Waals surface area (Å²) >= 11 is 0. The first kappa shape index (κ1) is 12.8. The van der Waals surface area contributed by atoms with Crippen molar-refractivity contribution in [2.45, 2.75) is 25.3 Å². The standard InChI is InChI=1S/C15H20N2O/c18-15(9-8-13-5-2-1-3-6-13)17-12-10-14-7-4-11-16-14/h1-3,5-6,8-9,14,16H,4,7,10-12H2,(H,17,18)/b9-8+. The molecule has 1 heterocycles.